The Hall–Kier alpha value is -7.57. The molecule has 0 aliphatic heterocycles. The van der Waals surface area contributed by atoms with Crippen molar-refractivity contribution in [3.05, 3.63) is 182 Å². The molecule has 0 unspecified atom stereocenters. The number of para-hydroxylation sites is 3. The lowest BCUT2D eigenvalue weighted by molar-refractivity contribution is 0.668. The van der Waals surface area contributed by atoms with Crippen molar-refractivity contribution in [3.63, 3.8) is 0 Å². The normalized spacial score (nSPS) is 11.6. The quantitative estimate of drug-likeness (QED) is 0.171. The minimum atomic E-state index is 0.567. The van der Waals surface area contributed by atoms with Crippen LogP contribution in [0.2, 0.25) is 0 Å². The molecule has 0 aliphatic rings. The fraction of sp³-hybridized carbons (Fsp3) is 0. The molecular formula is C49H30N4O2. The third-order valence-electron chi connectivity index (χ3n) is 10.3. The predicted octanol–water partition coefficient (Wildman–Crippen LogP) is 13.3. The van der Waals surface area contributed by atoms with Gasteiger partial charge in [0, 0.05) is 61.4 Å². The first kappa shape index (κ1) is 31.0. The molecule has 0 fully saturated rings. The SMILES string of the molecule is c1ccc(N(c2ccccc2)c2ccc3c(c2)oc2cccc(-c4nc(-c5ccc6oc7ccccc7c6c5)nc(-c5cccc6ccccc56)n4)c23)cc1. The van der Waals surface area contributed by atoms with E-state index in [1.54, 1.807) is 0 Å². The van der Waals surface area contributed by atoms with Crippen LogP contribution in [0.3, 0.4) is 0 Å². The average molecular weight is 707 g/mol. The number of fused-ring (bicyclic) bond motifs is 7. The third-order valence-corrected chi connectivity index (χ3v) is 10.3. The largest absolute Gasteiger partial charge is 0.456 e. The van der Waals surface area contributed by atoms with Crippen molar-refractivity contribution in [2.75, 3.05) is 4.90 Å². The molecule has 0 amide bonds. The topological polar surface area (TPSA) is 68.2 Å². The van der Waals surface area contributed by atoms with E-state index in [0.717, 1.165) is 88.4 Å². The van der Waals surface area contributed by atoms with Gasteiger partial charge in [-0.15, -0.1) is 0 Å². The molecule has 8 aromatic carbocycles. The number of hydrogen-bond acceptors (Lipinski definition) is 6. The summed E-state index contributed by atoms with van der Waals surface area (Å²) in [5.41, 5.74) is 9.00. The summed E-state index contributed by atoms with van der Waals surface area (Å²) in [6.07, 6.45) is 0. The van der Waals surface area contributed by atoms with Crippen LogP contribution in [0.15, 0.2) is 191 Å². The van der Waals surface area contributed by atoms with Crippen LogP contribution in [-0.2, 0) is 0 Å². The maximum atomic E-state index is 6.64. The minimum Gasteiger partial charge on any atom is -0.456 e. The van der Waals surface area contributed by atoms with Gasteiger partial charge in [0.1, 0.15) is 22.3 Å². The predicted molar refractivity (Wildman–Crippen MR) is 223 cm³/mol. The molecule has 0 aliphatic carbocycles. The number of anilines is 3. The molecule has 6 nitrogen and oxygen atoms in total. The molecule has 258 valence electrons. The molecule has 55 heavy (non-hydrogen) atoms. The van der Waals surface area contributed by atoms with Crippen molar-refractivity contribution in [3.8, 4) is 34.2 Å². The van der Waals surface area contributed by atoms with Gasteiger partial charge >= 0.3 is 0 Å². The molecule has 3 heterocycles. The zero-order valence-corrected chi connectivity index (χ0v) is 29.4. The highest BCUT2D eigenvalue weighted by molar-refractivity contribution is 6.13. The molecule has 11 aromatic rings. The Morgan fingerprint density at radius 2 is 0.945 bits per heavy atom. The van der Waals surface area contributed by atoms with Gasteiger partial charge in [0.25, 0.3) is 0 Å². The van der Waals surface area contributed by atoms with Crippen molar-refractivity contribution in [2.45, 2.75) is 0 Å². The van der Waals surface area contributed by atoms with Crippen LogP contribution >= 0.6 is 0 Å². The minimum absolute atomic E-state index is 0.567. The third kappa shape index (κ3) is 5.23. The Balaban J connectivity index is 1.12. The lowest BCUT2D eigenvalue weighted by Crippen LogP contribution is -2.09. The van der Waals surface area contributed by atoms with Gasteiger partial charge in [-0.05, 0) is 77.5 Å². The van der Waals surface area contributed by atoms with Crippen molar-refractivity contribution >= 4 is 71.7 Å². The van der Waals surface area contributed by atoms with Gasteiger partial charge in [-0.1, -0.05) is 109 Å². The van der Waals surface area contributed by atoms with Crippen LogP contribution in [0.25, 0.3) is 88.8 Å². The van der Waals surface area contributed by atoms with Crippen LogP contribution in [0.5, 0.6) is 0 Å². The first-order valence-corrected chi connectivity index (χ1v) is 18.3. The summed E-state index contributed by atoms with van der Waals surface area (Å²) >= 11 is 0. The molecule has 11 rings (SSSR count). The Labute approximate surface area is 315 Å². The van der Waals surface area contributed by atoms with E-state index >= 15 is 0 Å². The van der Waals surface area contributed by atoms with E-state index in [1.165, 1.54) is 0 Å². The number of nitrogens with zero attached hydrogens (tertiary/aromatic N) is 4. The van der Waals surface area contributed by atoms with E-state index in [-0.39, 0.29) is 0 Å². The molecule has 3 aromatic heterocycles. The number of rotatable bonds is 6. The van der Waals surface area contributed by atoms with E-state index in [0.29, 0.717) is 17.5 Å². The molecule has 0 bridgehead atoms. The molecule has 0 atom stereocenters. The van der Waals surface area contributed by atoms with Gasteiger partial charge in [0.15, 0.2) is 17.5 Å². The lowest BCUT2D eigenvalue weighted by Gasteiger charge is -2.25. The molecule has 0 N–H and O–H groups in total. The Morgan fingerprint density at radius 1 is 0.345 bits per heavy atom. The Kier molecular flexibility index (Phi) is 7.07. The molecule has 6 heteroatoms. The zero-order valence-electron chi connectivity index (χ0n) is 29.4. The lowest BCUT2D eigenvalue weighted by atomic mass is 10.0. The van der Waals surface area contributed by atoms with Crippen LogP contribution in [-0.4, -0.2) is 15.0 Å². The van der Waals surface area contributed by atoms with Crippen LogP contribution in [0.4, 0.5) is 17.1 Å². The van der Waals surface area contributed by atoms with Gasteiger partial charge in [0.2, 0.25) is 0 Å². The van der Waals surface area contributed by atoms with Crippen molar-refractivity contribution < 1.29 is 8.83 Å². The second-order valence-electron chi connectivity index (χ2n) is 13.6. The average Bonchev–Trinajstić information content (AvgIpc) is 3.82. The summed E-state index contributed by atoms with van der Waals surface area (Å²) in [5, 5.41) is 6.19. The summed E-state index contributed by atoms with van der Waals surface area (Å²) in [6, 6.07) is 62.1. The first-order valence-electron chi connectivity index (χ1n) is 18.3. The Bertz CT molecular complexity index is 3180. The van der Waals surface area contributed by atoms with E-state index in [9.17, 15) is 0 Å². The van der Waals surface area contributed by atoms with E-state index < -0.39 is 0 Å². The van der Waals surface area contributed by atoms with Crippen LogP contribution < -0.4 is 4.90 Å². The summed E-state index contributed by atoms with van der Waals surface area (Å²) in [7, 11) is 0. The smallest absolute Gasteiger partial charge is 0.164 e. The van der Waals surface area contributed by atoms with E-state index in [2.05, 4.69) is 132 Å². The number of aromatic nitrogens is 3. The van der Waals surface area contributed by atoms with Crippen molar-refractivity contribution in [2.24, 2.45) is 0 Å². The second kappa shape index (κ2) is 12.5. The van der Waals surface area contributed by atoms with Crippen molar-refractivity contribution in [1.82, 2.24) is 15.0 Å². The zero-order chi connectivity index (χ0) is 36.3. The summed E-state index contributed by atoms with van der Waals surface area (Å²) < 4.78 is 12.8. The standard InChI is InChI=1S/C49H30N4O2/c1-3-15-33(16-4-1)53(34-17-5-2-6-18-34)35-26-27-39-45(30-35)55-44-24-12-22-40(46(39)44)49-51-47(32-25-28-43-41(29-32)37-20-9-10-23-42(37)54-43)50-48(52-49)38-21-11-14-31-13-7-8-19-36(31)38/h1-30H. The van der Waals surface area contributed by atoms with Crippen LogP contribution in [0.1, 0.15) is 0 Å². The highest BCUT2D eigenvalue weighted by atomic mass is 16.3. The maximum Gasteiger partial charge on any atom is 0.164 e. The van der Waals surface area contributed by atoms with E-state index in [4.69, 9.17) is 23.8 Å². The van der Waals surface area contributed by atoms with Crippen molar-refractivity contribution in [1.29, 1.82) is 0 Å². The molecule has 0 spiro atoms. The monoisotopic (exact) mass is 706 g/mol. The fourth-order valence-electron chi connectivity index (χ4n) is 7.77. The molecule has 0 saturated carbocycles. The second-order valence-corrected chi connectivity index (χ2v) is 13.6. The number of hydrogen-bond donors (Lipinski definition) is 0. The summed E-state index contributed by atoms with van der Waals surface area (Å²) in [4.78, 5) is 17.8. The van der Waals surface area contributed by atoms with Gasteiger partial charge in [-0.3, -0.25) is 0 Å². The summed E-state index contributed by atoms with van der Waals surface area (Å²) in [5.74, 6) is 1.74. The number of benzene rings is 8. The van der Waals surface area contributed by atoms with Gasteiger partial charge < -0.3 is 13.7 Å². The fourth-order valence-corrected chi connectivity index (χ4v) is 7.77. The Morgan fingerprint density at radius 3 is 1.76 bits per heavy atom. The van der Waals surface area contributed by atoms with Crippen LogP contribution in [0, 0.1) is 0 Å². The molecule has 0 radical (unpaired) electrons. The van der Waals surface area contributed by atoms with Gasteiger partial charge in [-0.25, -0.2) is 15.0 Å². The molecular weight excluding hydrogens is 677 g/mol. The molecule has 0 saturated heterocycles. The van der Waals surface area contributed by atoms with E-state index in [1.807, 2.05) is 54.6 Å². The number of furan rings is 2. The van der Waals surface area contributed by atoms with Gasteiger partial charge in [0.05, 0.1) is 0 Å². The van der Waals surface area contributed by atoms with Gasteiger partial charge in [-0.2, -0.15) is 0 Å². The maximum absolute atomic E-state index is 6.64. The highest BCUT2D eigenvalue weighted by Crippen LogP contribution is 2.41. The first-order chi connectivity index (χ1) is 27.2. The highest BCUT2D eigenvalue weighted by Gasteiger charge is 2.21. The summed E-state index contributed by atoms with van der Waals surface area (Å²) in [6.45, 7) is 0.